The first-order chi connectivity index (χ1) is 26.9. The van der Waals surface area contributed by atoms with Crippen LogP contribution in [0.1, 0.15) is 92.4 Å². The first kappa shape index (κ1) is 39.6. The molecule has 4 atom stereocenters. The van der Waals surface area contributed by atoms with Gasteiger partial charge >= 0.3 is 6.09 Å². The summed E-state index contributed by atoms with van der Waals surface area (Å²) in [4.78, 5) is 61.9. The number of carbonyl (C=O) groups is 4. The van der Waals surface area contributed by atoms with Crippen LogP contribution >= 0.6 is 0 Å². The smallest absolute Gasteiger partial charge is 0.408 e. The van der Waals surface area contributed by atoms with Gasteiger partial charge in [0, 0.05) is 13.0 Å². The first-order valence-electron chi connectivity index (χ1n) is 19.7. The second kappa shape index (κ2) is 20.0. The Balaban J connectivity index is 1.21. The molecule has 4 N–H and O–H groups in total. The molecule has 0 bridgehead atoms. The summed E-state index contributed by atoms with van der Waals surface area (Å²) in [5.74, 6) is -0.966. The molecule has 3 amide bonds. The van der Waals surface area contributed by atoms with Crippen LogP contribution in [0.5, 0.6) is 0 Å². The summed E-state index contributed by atoms with van der Waals surface area (Å²) in [5.41, 5.74) is 8.57. The van der Waals surface area contributed by atoms with Crippen LogP contribution in [0.4, 0.5) is 4.79 Å². The van der Waals surface area contributed by atoms with E-state index in [0.717, 1.165) is 43.2 Å². The fraction of sp³-hybridized carbons (Fsp3) is 0.465. The number of nitrogens with two attached hydrogens (primary N) is 1. The van der Waals surface area contributed by atoms with Crippen molar-refractivity contribution in [3.8, 4) is 0 Å². The standard InChI is InChI=1S/C43H53N5O7/c44-25-13-12-21-35(39(49)41-46-34-20-10-11-22-38(34)55-41)45-40(50)37-26-33(53-28-31-16-6-2-7-17-31)27-48(37)42(51)36(24-23-30-14-4-1-5-15-30)47-43(52)54-29-32-18-8-3-9-19-32/h2-3,6-11,16-20,22,30,33,35-37H,1,4-5,12-15,21,23-29,44H2,(H,45,50)(H,47,52)/t33-,35+,36-,37+/m1/s1. The Morgan fingerprint density at radius 1 is 0.818 bits per heavy atom. The molecule has 0 spiro atoms. The number of ketones is 1. The van der Waals surface area contributed by atoms with Crippen LogP contribution in [-0.4, -0.2) is 70.9 Å². The van der Waals surface area contributed by atoms with Gasteiger partial charge in [-0.15, -0.1) is 0 Å². The number of amides is 3. The number of oxazole rings is 1. The maximum absolute atomic E-state index is 14.6. The van der Waals surface area contributed by atoms with E-state index in [9.17, 15) is 19.2 Å². The summed E-state index contributed by atoms with van der Waals surface area (Å²) in [6.45, 7) is 0.933. The van der Waals surface area contributed by atoms with Gasteiger partial charge < -0.3 is 35.2 Å². The predicted octanol–water partition coefficient (Wildman–Crippen LogP) is 6.47. The number of nitrogens with zero attached hydrogens (tertiary/aromatic N) is 2. The highest BCUT2D eigenvalue weighted by Gasteiger charge is 2.44. The molecule has 4 aromatic rings. The Morgan fingerprint density at radius 3 is 2.22 bits per heavy atom. The molecule has 55 heavy (non-hydrogen) atoms. The Morgan fingerprint density at radius 2 is 1.51 bits per heavy atom. The van der Waals surface area contributed by atoms with E-state index in [1.54, 1.807) is 18.2 Å². The third-order valence-electron chi connectivity index (χ3n) is 10.7. The zero-order valence-corrected chi connectivity index (χ0v) is 31.4. The van der Waals surface area contributed by atoms with E-state index in [2.05, 4.69) is 15.6 Å². The molecule has 1 aromatic heterocycles. The number of carbonyl (C=O) groups excluding carboxylic acids is 4. The number of ether oxygens (including phenoxy) is 2. The first-order valence-corrected chi connectivity index (χ1v) is 19.7. The molecule has 2 heterocycles. The number of aromatic nitrogens is 1. The van der Waals surface area contributed by atoms with Crippen LogP contribution in [0.25, 0.3) is 11.1 Å². The molecule has 12 nitrogen and oxygen atoms in total. The second-order valence-electron chi connectivity index (χ2n) is 14.7. The van der Waals surface area contributed by atoms with Crippen molar-refractivity contribution in [2.45, 2.75) is 108 Å². The number of hydrogen-bond acceptors (Lipinski definition) is 9. The van der Waals surface area contributed by atoms with E-state index in [-0.39, 0.29) is 31.4 Å². The van der Waals surface area contributed by atoms with Crippen molar-refractivity contribution >= 4 is 34.8 Å². The maximum atomic E-state index is 14.6. The fourth-order valence-corrected chi connectivity index (χ4v) is 7.60. The molecular formula is C43H53N5O7. The highest BCUT2D eigenvalue weighted by atomic mass is 16.5. The van der Waals surface area contributed by atoms with Gasteiger partial charge in [0.05, 0.1) is 18.8 Å². The minimum absolute atomic E-state index is 0.0556. The van der Waals surface area contributed by atoms with Crippen LogP contribution in [0.2, 0.25) is 0 Å². The number of likely N-dealkylation sites (tertiary alicyclic amines) is 1. The molecule has 1 saturated carbocycles. The molecule has 2 aliphatic rings. The number of hydrogen-bond donors (Lipinski definition) is 3. The van der Waals surface area contributed by atoms with Gasteiger partial charge in [0.1, 0.15) is 24.2 Å². The van der Waals surface area contributed by atoms with Crippen LogP contribution in [0, 0.1) is 5.92 Å². The summed E-state index contributed by atoms with van der Waals surface area (Å²) >= 11 is 0. The van der Waals surface area contributed by atoms with Crippen LogP contribution in [0.3, 0.4) is 0 Å². The van der Waals surface area contributed by atoms with E-state index < -0.39 is 42.0 Å². The highest BCUT2D eigenvalue weighted by Crippen LogP contribution is 2.29. The van der Waals surface area contributed by atoms with Crippen LogP contribution in [0.15, 0.2) is 89.3 Å². The Bertz CT molecular complexity index is 1810. The quantitative estimate of drug-likeness (QED) is 0.0764. The van der Waals surface area contributed by atoms with E-state index in [1.807, 2.05) is 66.7 Å². The SMILES string of the molecule is NCCCC[C@H](NC(=O)[C@@H]1C[C@@H](OCc2ccccc2)CN1C(=O)[C@@H](CCC1CCCCC1)NC(=O)OCc1ccccc1)C(=O)c1nc2ccccc2o1. The number of Topliss-reactive ketones (excluding diaryl/α,β-unsaturated/α-hetero) is 1. The van der Waals surface area contributed by atoms with Crippen LogP contribution in [-0.2, 0) is 32.3 Å². The largest absolute Gasteiger partial charge is 0.445 e. The molecule has 1 saturated heterocycles. The van der Waals surface area contributed by atoms with E-state index in [0.29, 0.717) is 55.9 Å². The van der Waals surface area contributed by atoms with Gasteiger partial charge in [-0.05, 0) is 67.8 Å². The minimum Gasteiger partial charge on any atom is -0.445 e. The molecule has 1 aliphatic heterocycles. The minimum atomic E-state index is -0.957. The van der Waals surface area contributed by atoms with Gasteiger partial charge in [-0.1, -0.05) is 105 Å². The highest BCUT2D eigenvalue weighted by molar-refractivity contribution is 6.01. The van der Waals surface area contributed by atoms with E-state index in [4.69, 9.17) is 19.6 Å². The van der Waals surface area contributed by atoms with Crippen molar-refractivity contribution in [3.63, 3.8) is 0 Å². The van der Waals surface area contributed by atoms with Gasteiger partial charge in [0.2, 0.25) is 17.6 Å². The molecule has 2 fully saturated rings. The lowest BCUT2D eigenvalue weighted by Gasteiger charge is -2.30. The van der Waals surface area contributed by atoms with Crippen molar-refractivity contribution in [3.05, 3.63) is 102 Å². The summed E-state index contributed by atoms with van der Waals surface area (Å²) in [7, 11) is 0. The van der Waals surface area contributed by atoms with Crippen molar-refractivity contribution in [1.29, 1.82) is 0 Å². The number of fused-ring (bicyclic) bond motifs is 1. The van der Waals surface area contributed by atoms with Crippen LogP contribution < -0.4 is 16.4 Å². The predicted molar refractivity (Wildman–Crippen MR) is 208 cm³/mol. The van der Waals surface area contributed by atoms with E-state index in [1.165, 1.54) is 11.3 Å². The molecule has 6 rings (SSSR count). The lowest BCUT2D eigenvalue weighted by atomic mass is 9.85. The van der Waals surface area contributed by atoms with Crippen molar-refractivity contribution in [1.82, 2.24) is 20.5 Å². The Kier molecular flexibility index (Phi) is 14.4. The Labute approximate surface area is 322 Å². The molecule has 292 valence electrons. The zero-order valence-electron chi connectivity index (χ0n) is 31.4. The van der Waals surface area contributed by atoms with Gasteiger partial charge in [-0.2, -0.15) is 0 Å². The average Bonchev–Trinajstić information content (AvgIpc) is 3.86. The molecule has 0 unspecified atom stereocenters. The molecule has 3 aromatic carbocycles. The van der Waals surface area contributed by atoms with Crippen molar-refractivity contribution in [2.24, 2.45) is 11.7 Å². The number of rotatable bonds is 18. The van der Waals surface area contributed by atoms with E-state index >= 15 is 0 Å². The fourth-order valence-electron chi connectivity index (χ4n) is 7.60. The lowest BCUT2D eigenvalue weighted by Crippen LogP contribution is -2.55. The van der Waals surface area contributed by atoms with Gasteiger partial charge in [-0.25, -0.2) is 9.78 Å². The normalized spacial score (nSPS) is 18.5. The summed E-state index contributed by atoms with van der Waals surface area (Å²) < 4.78 is 17.6. The van der Waals surface area contributed by atoms with Gasteiger partial charge in [0.25, 0.3) is 5.89 Å². The van der Waals surface area contributed by atoms with Crippen molar-refractivity contribution in [2.75, 3.05) is 13.1 Å². The monoisotopic (exact) mass is 751 g/mol. The summed E-state index contributed by atoms with van der Waals surface area (Å²) in [6, 6.07) is 23.3. The molecular weight excluding hydrogens is 699 g/mol. The third kappa shape index (κ3) is 11.2. The molecule has 1 aliphatic carbocycles. The number of benzene rings is 3. The third-order valence-corrected chi connectivity index (χ3v) is 10.7. The van der Waals surface area contributed by atoms with Gasteiger partial charge in [0.15, 0.2) is 5.58 Å². The molecule has 0 radical (unpaired) electrons. The number of unbranched alkanes of at least 4 members (excludes halogenated alkanes) is 1. The number of alkyl carbamates (subject to hydrolysis) is 1. The zero-order chi connectivity index (χ0) is 38.4. The second-order valence-corrected chi connectivity index (χ2v) is 14.7. The molecule has 12 heteroatoms. The lowest BCUT2D eigenvalue weighted by molar-refractivity contribution is -0.140. The average molecular weight is 752 g/mol. The number of para-hydroxylation sites is 2. The Hall–Kier alpha value is -5.07. The summed E-state index contributed by atoms with van der Waals surface area (Å²) in [6.07, 6.45) is 7.45. The topological polar surface area (TPSA) is 166 Å². The summed E-state index contributed by atoms with van der Waals surface area (Å²) in [5, 5.41) is 5.80. The van der Waals surface area contributed by atoms with Gasteiger partial charge in [-0.3, -0.25) is 14.4 Å². The maximum Gasteiger partial charge on any atom is 0.408 e. The number of nitrogens with one attached hydrogen (secondary N) is 2. The van der Waals surface area contributed by atoms with Crippen molar-refractivity contribution < 1.29 is 33.1 Å².